The van der Waals surface area contributed by atoms with Gasteiger partial charge in [-0.3, -0.25) is 0 Å². The topological polar surface area (TPSA) is 27.0 Å². The van der Waals surface area contributed by atoms with Gasteiger partial charge in [0.05, 0.1) is 11.6 Å². The van der Waals surface area contributed by atoms with Gasteiger partial charge in [0.2, 0.25) is 0 Å². The summed E-state index contributed by atoms with van der Waals surface area (Å²) >= 11 is 0. The molecule has 0 bridgehead atoms. The molecule has 0 spiro atoms. The quantitative estimate of drug-likeness (QED) is 0.699. The van der Waals surface area contributed by atoms with Crippen molar-refractivity contribution in [1.29, 1.82) is 5.26 Å². The summed E-state index contributed by atoms with van der Waals surface area (Å²) in [5.41, 5.74) is 3.03. The van der Waals surface area contributed by atoms with E-state index < -0.39 is 0 Å². The summed E-state index contributed by atoms with van der Waals surface area (Å²) in [6.45, 7) is 6.87. The van der Waals surface area contributed by atoms with Crippen LogP contribution in [0.1, 0.15) is 18.9 Å². The number of benzene rings is 1. The number of rotatable bonds is 4. The highest BCUT2D eigenvalue weighted by Crippen LogP contribution is 2.14. The maximum absolute atomic E-state index is 8.67. The van der Waals surface area contributed by atoms with E-state index in [0.29, 0.717) is 5.56 Å². The minimum absolute atomic E-state index is 0.701. The lowest BCUT2D eigenvalue weighted by Gasteiger charge is -2.19. The van der Waals surface area contributed by atoms with E-state index in [4.69, 9.17) is 5.26 Å². The van der Waals surface area contributed by atoms with E-state index in [2.05, 4.69) is 17.5 Å². The Kier molecular flexibility index (Phi) is 3.93. The van der Waals surface area contributed by atoms with Crippen molar-refractivity contribution in [2.75, 3.05) is 18.5 Å². The number of anilines is 1. The summed E-state index contributed by atoms with van der Waals surface area (Å²) in [7, 11) is 2.05. The van der Waals surface area contributed by atoms with Crippen LogP contribution >= 0.6 is 0 Å². The first-order valence-electron chi connectivity index (χ1n) is 4.99. The maximum atomic E-state index is 8.67. The lowest BCUT2D eigenvalue weighted by Crippen LogP contribution is -2.18. The minimum Gasteiger partial charge on any atom is -0.374 e. The fourth-order valence-corrected chi connectivity index (χ4v) is 1.28. The van der Waals surface area contributed by atoms with Crippen LogP contribution in [0.25, 0.3) is 0 Å². The van der Waals surface area contributed by atoms with Crippen LogP contribution in [0.4, 0.5) is 5.69 Å². The average Bonchev–Trinajstić information content (AvgIpc) is 2.26. The predicted octanol–water partition coefficient (Wildman–Crippen LogP) is 2.96. The Balaban J connectivity index is 2.62. The van der Waals surface area contributed by atoms with Crippen molar-refractivity contribution in [1.82, 2.24) is 0 Å². The predicted molar refractivity (Wildman–Crippen MR) is 63.9 cm³/mol. The molecule has 0 saturated carbocycles. The Labute approximate surface area is 91.4 Å². The highest BCUT2D eigenvalue weighted by molar-refractivity contribution is 5.49. The molecule has 0 aliphatic heterocycles. The molecule has 1 rings (SSSR count). The Hall–Kier alpha value is -1.75. The summed E-state index contributed by atoms with van der Waals surface area (Å²) in [6, 6.07) is 9.73. The monoisotopic (exact) mass is 200 g/mol. The number of hydrogen-bond donors (Lipinski definition) is 0. The van der Waals surface area contributed by atoms with Gasteiger partial charge in [0.15, 0.2) is 0 Å². The second-order valence-electron chi connectivity index (χ2n) is 3.79. The molecule has 15 heavy (non-hydrogen) atoms. The largest absolute Gasteiger partial charge is 0.374 e. The van der Waals surface area contributed by atoms with Crippen molar-refractivity contribution >= 4 is 5.69 Å². The van der Waals surface area contributed by atoms with Crippen molar-refractivity contribution < 1.29 is 0 Å². The molecule has 0 radical (unpaired) electrons. The highest BCUT2D eigenvalue weighted by Gasteiger charge is 2.00. The normalized spacial score (nSPS) is 9.40. The number of nitriles is 1. The fourth-order valence-electron chi connectivity index (χ4n) is 1.28. The van der Waals surface area contributed by atoms with Crippen molar-refractivity contribution in [3.63, 3.8) is 0 Å². The number of hydrogen-bond acceptors (Lipinski definition) is 2. The fraction of sp³-hybridized carbons (Fsp3) is 0.308. The first-order valence-corrected chi connectivity index (χ1v) is 4.99. The third kappa shape index (κ3) is 3.47. The molecule has 0 atom stereocenters. The van der Waals surface area contributed by atoms with E-state index in [9.17, 15) is 0 Å². The molecular weight excluding hydrogens is 184 g/mol. The molecule has 0 fully saturated rings. The SMILES string of the molecule is C=C(C)CCN(C)c1ccc(C#N)cc1. The van der Waals surface area contributed by atoms with Gasteiger partial charge in [-0.15, -0.1) is 6.58 Å². The van der Waals surface area contributed by atoms with Crippen molar-refractivity contribution in [3.8, 4) is 6.07 Å². The van der Waals surface area contributed by atoms with E-state index in [0.717, 1.165) is 18.7 Å². The molecular formula is C13H16N2. The average molecular weight is 200 g/mol. The van der Waals surface area contributed by atoms with E-state index in [-0.39, 0.29) is 0 Å². The van der Waals surface area contributed by atoms with Crippen molar-refractivity contribution in [2.24, 2.45) is 0 Å². The van der Waals surface area contributed by atoms with Crippen LogP contribution < -0.4 is 4.90 Å². The molecule has 0 unspecified atom stereocenters. The first kappa shape index (κ1) is 11.3. The van der Waals surface area contributed by atoms with Gasteiger partial charge in [0.25, 0.3) is 0 Å². The van der Waals surface area contributed by atoms with E-state index >= 15 is 0 Å². The molecule has 0 aromatic heterocycles. The van der Waals surface area contributed by atoms with Gasteiger partial charge in [-0.2, -0.15) is 5.26 Å². The molecule has 0 aliphatic rings. The van der Waals surface area contributed by atoms with Crippen LogP contribution in [0, 0.1) is 11.3 Å². The van der Waals surface area contributed by atoms with Crippen LogP contribution in [-0.4, -0.2) is 13.6 Å². The van der Waals surface area contributed by atoms with Crippen LogP contribution in [-0.2, 0) is 0 Å². The van der Waals surface area contributed by atoms with Crippen LogP contribution in [0.2, 0.25) is 0 Å². The summed E-state index contributed by atoms with van der Waals surface area (Å²) in [5.74, 6) is 0. The number of nitrogens with zero attached hydrogens (tertiary/aromatic N) is 2. The summed E-state index contributed by atoms with van der Waals surface area (Å²) < 4.78 is 0. The zero-order chi connectivity index (χ0) is 11.3. The standard InChI is InChI=1S/C13H16N2/c1-11(2)8-9-15(3)13-6-4-12(10-14)5-7-13/h4-7H,1,8-9H2,2-3H3. The second kappa shape index (κ2) is 5.21. The third-order valence-electron chi connectivity index (χ3n) is 2.31. The molecule has 0 saturated heterocycles. The van der Waals surface area contributed by atoms with Gasteiger partial charge in [0.1, 0.15) is 0 Å². The lowest BCUT2D eigenvalue weighted by molar-refractivity contribution is 0.869. The molecule has 0 heterocycles. The zero-order valence-electron chi connectivity index (χ0n) is 9.33. The molecule has 2 heteroatoms. The minimum atomic E-state index is 0.701. The Morgan fingerprint density at radius 3 is 2.47 bits per heavy atom. The smallest absolute Gasteiger partial charge is 0.0991 e. The maximum Gasteiger partial charge on any atom is 0.0991 e. The van der Waals surface area contributed by atoms with Gasteiger partial charge < -0.3 is 4.90 Å². The summed E-state index contributed by atoms with van der Waals surface area (Å²) in [4.78, 5) is 2.16. The van der Waals surface area contributed by atoms with Crippen LogP contribution in [0.5, 0.6) is 0 Å². The second-order valence-corrected chi connectivity index (χ2v) is 3.79. The van der Waals surface area contributed by atoms with E-state index in [1.807, 2.05) is 38.2 Å². The summed E-state index contributed by atoms with van der Waals surface area (Å²) in [5, 5.41) is 8.67. The molecule has 1 aromatic carbocycles. The van der Waals surface area contributed by atoms with Crippen LogP contribution in [0.15, 0.2) is 36.4 Å². The highest BCUT2D eigenvalue weighted by atomic mass is 15.1. The van der Waals surface area contributed by atoms with Gasteiger partial charge in [-0.05, 0) is 37.6 Å². The molecule has 0 N–H and O–H groups in total. The zero-order valence-corrected chi connectivity index (χ0v) is 9.33. The molecule has 0 amide bonds. The first-order chi connectivity index (χ1) is 7.13. The van der Waals surface area contributed by atoms with Crippen molar-refractivity contribution in [2.45, 2.75) is 13.3 Å². The summed E-state index contributed by atoms with van der Waals surface area (Å²) in [6.07, 6.45) is 0.997. The molecule has 0 aliphatic carbocycles. The Morgan fingerprint density at radius 2 is 2.00 bits per heavy atom. The van der Waals surface area contributed by atoms with Gasteiger partial charge in [-0.1, -0.05) is 5.57 Å². The molecule has 2 nitrogen and oxygen atoms in total. The third-order valence-corrected chi connectivity index (χ3v) is 2.31. The van der Waals surface area contributed by atoms with Gasteiger partial charge in [-0.25, -0.2) is 0 Å². The van der Waals surface area contributed by atoms with Crippen LogP contribution in [0.3, 0.4) is 0 Å². The lowest BCUT2D eigenvalue weighted by atomic mass is 10.2. The molecule has 1 aromatic rings. The van der Waals surface area contributed by atoms with Gasteiger partial charge in [0, 0.05) is 19.3 Å². The van der Waals surface area contributed by atoms with Crippen molar-refractivity contribution in [3.05, 3.63) is 42.0 Å². The van der Waals surface area contributed by atoms with Gasteiger partial charge >= 0.3 is 0 Å². The van der Waals surface area contributed by atoms with E-state index in [1.54, 1.807) is 0 Å². The Morgan fingerprint density at radius 1 is 1.40 bits per heavy atom. The van der Waals surface area contributed by atoms with E-state index in [1.165, 1.54) is 5.57 Å². The molecule has 78 valence electrons. The Bertz CT molecular complexity index is 371.